The average molecular weight is 425 g/mol. The van der Waals surface area contributed by atoms with Crippen LogP contribution in [-0.2, 0) is 19.4 Å². The Morgan fingerprint density at radius 3 is 2.00 bits per heavy atom. The Hall–Kier alpha value is -3.64. The van der Waals surface area contributed by atoms with E-state index >= 15 is 0 Å². The lowest BCUT2D eigenvalue weighted by molar-refractivity contribution is -0.118. The summed E-state index contributed by atoms with van der Waals surface area (Å²) in [4.78, 5) is 28.4. The Kier molecular flexibility index (Phi) is 5.62. The number of anilines is 2. The second-order valence-corrected chi connectivity index (χ2v) is 8.73. The molecule has 0 aliphatic carbocycles. The number of rotatable bonds is 5. The molecule has 0 N–H and O–H groups in total. The molecule has 0 saturated carbocycles. The quantitative estimate of drug-likeness (QED) is 0.407. The average Bonchev–Trinajstić information content (AvgIpc) is 2.97. The van der Waals surface area contributed by atoms with E-state index in [1.807, 2.05) is 30.3 Å². The molecular formula is C21H19N3O5S. The lowest BCUT2D eigenvalue weighted by Crippen LogP contribution is -2.27. The van der Waals surface area contributed by atoms with Crippen LogP contribution in [0.4, 0.5) is 11.4 Å². The topological polar surface area (TPSA) is 108 Å². The van der Waals surface area contributed by atoms with Crippen LogP contribution in [0, 0.1) is 11.3 Å². The predicted octanol–water partition coefficient (Wildman–Crippen LogP) is 2.14. The van der Waals surface area contributed by atoms with Crippen molar-refractivity contribution >= 4 is 33.0 Å². The van der Waals surface area contributed by atoms with E-state index in [-0.39, 0.29) is 16.0 Å². The van der Waals surface area contributed by atoms with Crippen molar-refractivity contribution < 1.29 is 22.7 Å². The number of ether oxygens (including phenoxy) is 1. The van der Waals surface area contributed by atoms with Crippen molar-refractivity contribution in [3.63, 3.8) is 0 Å². The van der Waals surface area contributed by atoms with Gasteiger partial charge in [0.05, 0.1) is 21.8 Å². The van der Waals surface area contributed by atoms with Crippen LogP contribution in [0.25, 0.3) is 0 Å². The smallest absolute Gasteiger partial charge is 0.338 e. The third-order valence-electron chi connectivity index (χ3n) is 4.71. The van der Waals surface area contributed by atoms with Crippen LogP contribution in [0.1, 0.15) is 10.4 Å². The molecule has 0 aromatic heterocycles. The lowest BCUT2D eigenvalue weighted by atomic mass is 10.2. The summed E-state index contributed by atoms with van der Waals surface area (Å²) < 4.78 is 28.0. The number of esters is 1. The van der Waals surface area contributed by atoms with Gasteiger partial charge in [-0.15, -0.1) is 0 Å². The zero-order chi connectivity index (χ0) is 22.1. The van der Waals surface area contributed by atoms with Crippen LogP contribution >= 0.6 is 0 Å². The maximum Gasteiger partial charge on any atom is 0.338 e. The van der Waals surface area contributed by atoms with Crippen LogP contribution in [0.2, 0.25) is 0 Å². The number of para-hydroxylation sites is 2. The standard InChI is InChI=1S/C21H19N3O5S/c1-23-17-6-4-5-7-18(17)24(2)20(23)16(12-22)19(25)13-29-21(26)14-8-10-15(11-9-14)30(3,27)28/h4-11H,13H2,1-3H3. The second-order valence-electron chi connectivity index (χ2n) is 6.71. The van der Waals surface area contributed by atoms with E-state index in [0.29, 0.717) is 5.82 Å². The van der Waals surface area contributed by atoms with E-state index in [1.165, 1.54) is 24.3 Å². The molecule has 8 nitrogen and oxygen atoms in total. The number of nitrogens with zero attached hydrogens (tertiary/aromatic N) is 3. The molecule has 0 amide bonds. The molecule has 0 bridgehead atoms. The van der Waals surface area contributed by atoms with Gasteiger partial charge in [0.15, 0.2) is 16.4 Å². The predicted molar refractivity (Wildman–Crippen MR) is 111 cm³/mol. The van der Waals surface area contributed by atoms with E-state index in [1.54, 1.807) is 23.9 Å². The number of carbonyl (C=O) groups is 2. The number of nitriles is 1. The number of ketones is 1. The highest BCUT2D eigenvalue weighted by molar-refractivity contribution is 7.90. The summed E-state index contributed by atoms with van der Waals surface area (Å²) in [5, 5.41) is 9.58. The Morgan fingerprint density at radius 1 is 1.00 bits per heavy atom. The molecule has 30 heavy (non-hydrogen) atoms. The summed E-state index contributed by atoms with van der Waals surface area (Å²) in [7, 11) is 0.109. The van der Waals surface area contributed by atoms with E-state index in [0.717, 1.165) is 17.6 Å². The molecule has 0 radical (unpaired) electrons. The number of fused-ring (bicyclic) bond motifs is 1. The van der Waals surface area contributed by atoms with Gasteiger partial charge in [-0.05, 0) is 36.4 Å². The van der Waals surface area contributed by atoms with Gasteiger partial charge < -0.3 is 14.5 Å². The molecule has 1 heterocycles. The highest BCUT2D eigenvalue weighted by atomic mass is 32.2. The van der Waals surface area contributed by atoms with Crippen molar-refractivity contribution in [1.82, 2.24) is 0 Å². The zero-order valence-corrected chi connectivity index (χ0v) is 17.4. The lowest BCUT2D eigenvalue weighted by Gasteiger charge is -2.19. The molecule has 0 unspecified atom stereocenters. The van der Waals surface area contributed by atoms with Crippen LogP contribution < -0.4 is 9.80 Å². The molecule has 2 aromatic rings. The van der Waals surface area contributed by atoms with Gasteiger partial charge in [-0.1, -0.05) is 12.1 Å². The van der Waals surface area contributed by atoms with Gasteiger partial charge in [0.25, 0.3) is 0 Å². The van der Waals surface area contributed by atoms with Crippen molar-refractivity contribution in [2.75, 3.05) is 36.8 Å². The van der Waals surface area contributed by atoms with Gasteiger partial charge in [-0.25, -0.2) is 13.2 Å². The van der Waals surface area contributed by atoms with Crippen LogP contribution in [-0.4, -0.2) is 47.1 Å². The van der Waals surface area contributed by atoms with Crippen LogP contribution in [0.3, 0.4) is 0 Å². The number of hydrogen-bond acceptors (Lipinski definition) is 8. The molecule has 0 atom stereocenters. The number of hydrogen-bond donors (Lipinski definition) is 0. The molecule has 3 rings (SSSR count). The molecule has 0 spiro atoms. The first kappa shape index (κ1) is 21.1. The molecule has 1 aliphatic rings. The van der Waals surface area contributed by atoms with Gasteiger partial charge in [0.2, 0.25) is 5.78 Å². The van der Waals surface area contributed by atoms with Crippen molar-refractivity contribution in [3.05, 3.63) is 65.5 Å². The number of benzene rings is 2. The molecule has 0 saturated heterocycles. The molecule has 2 aromatic carbocycles. The second kappa shape index (κ2) is 8.00. The summed E-state index contributed by atoms with van der Waals surface area (Å²) in [6, 6.07) is 14.6. The van der Waals surface area contributed by atoms with E-state index < -0.39 is 28.2 Å². The first-order chi connectivity index (χ1) is 14.1. The summed E-state index contributed by atoms with van der Waals surface area (Å²) in [6.45, 7) is -0.614. The summed E-state index contributed by atoms with van der Waals surface area (Å²) in [5.74, 6) is -1.03. The summed E-state index contributed by atoms with van der Waals surface area (Å²) in [6.07, 6.45) is 1.06. The van der Waals surface area contributed by atoms with Crippen LogP contribution in [0.15, 0.2) is 64.8 Å². The fourth-order valence-corrected chi connectivity index (χ4v) is 3.81. The minimum Gasteiger partial charge on any atom is -0.454 e. The van der Waals surface area contributed by atoms with Gasteiger partial charge in [-0.2, -0.15) is 5.26 Å². The number of Topliss-reactive ketones (excluding diaryl/α,β-unsaturated/α-hetero) is 1. The maximum absolute atomic E-state index is 12.6. The minimum atomic E-state index is -3.39. The third-order valence-corrected chi connectivity index (χ3v) is 5.84. The molecule has 154 valence electrons. The maximum atomic E-state index is 12.6. The number of sulfone groups is 1. The molecule has 9 heteroatoms. The Bertz CT molecular complexity index is 1160. The van der Waals surface area contributed by atoms with Gasteiger partial charge in [0.1, 0.15) is 17.5 Å². The normalized spacial score (nSPS) is 12.9. The van der Waals surface area contributed by atoms with Crippen LogP contribution in [0.5, 0.6) is 0 Å². The van der Waals surface area contributed by atoms with Gasteiger partial charge in [-0.3, -0.25) is 4.79 Å². The summed E-state index contributed by atoms with van der Waals surface area (Å²) in [5.41, 5.74) is 1.66. The Balaban J connectivity index is 1.76. The Labute approximate surface area is 174 Å². The molecular weight excluding hydrogens is 406 g/mol. The van der Waals surface area contributed by atoms with E-state index in [2.05, 4.69) is 0 Å². The van der Waals surface area contributed by atoms with Crippen molar-refractivity contribution in [2.24, 2.45) is 0 Å². The fraction of sp³-hybridized carbons (Fsp3) is 0.190. The highest BCUT2D eigenvalue weighted by Gasteiger charge is 2.31. The van der Waals surface area contributed by atoms with Crippen molar-refractivity contribution in [2.45, 2.75) is 4.90 Å². The first-order valence-electron chi connectivity index (χ1n) is 8.86. The first-order valence-corrected chi connectivity index (χ1v) is 10.8. The monoisotopic (exact) mass is 425 g/mol. The van der Waals surface area contributed by atoms with Gasteiger partial charge >= 0.3 is 5.97 Å². The number of carbonyl (C=O) groups excluding carboxylic acids is 2. The fourth-order valence-electron chi connectivity index (χ4n) is 3.18. The molecule has 0 fully saturated rings. The van der Waals surface area contributed by atoms with E-state index in [4.69, 9.17) is 4.74 Å². The largest absolute Gasteiger partial charge is 0.454 e. The van der Waals surface area contributed by atoms with Crippen molar-refractivity contribution in [1.29, 1.82) is 5.26 Å². The molecule has 1 aliphatic heterocycles. The highest BCUT2D eigenvalue weighted by Crippen LogP contribution is 2.40. The zero-order valence-electron chi connectivity index (χ0n) is 16.6. The SMILES string of the molecule is CN1C(=C(C#N)C(=O)COC(=O)c2ccc(S(C)(=O)=O)cc2)N(C)c2ccccc21. The van der Waals surface area contributed by atoms with Gasteiger partial charge in [0, 0.05) is 20.4 Å². The minimum absolute atomic E-state index is 0.0681. The Morgan fingerprint density at radius 2 is 1.53 bits per heavy atom. The van der Waals surface area contributed by atoms with E-state index in [9.17, 15) is 23.3 Å². The third kappa shape index (κ3) is 3.90. The van der Waals surface area contributed by atoms with Crippen molar-refractivity contribution in [3.8, 4) is 6.07 Å². The summed E-state index contributed by atoms with van der Waals surface area (Å²) >= 11 is 0.